The second kappa shape index (κ2) is 9.04. The van der Waals surface area contributed by atoms with Gasteiger partial charge in [-0.15, -0.1) is 0 Å². The Morgan fingerprint density at radius 2 is 2.07 bits per heavy atom. The van der Waals surface area contributed by atoms with Crippen LogP contribution in [0.15, 0.2) is 36.4 Å². The summed E-state index contributed by atoms with van der Waals surface area (Å²) in [6.07, 6.45) is 3.70. The van der Waals surface area contributed by atoms with Crippen molar-refractivity contribution in [3.05, 3.63) is 57.8 Å². The van der Waals surface area contributed by atoms with Crippen LogP contribution in [0.3, 0.4) is 0 Å². The number of halogens is 3. The van der Waals surface area contributed by atoms with Crippen molar-refractivity contribution in [2.75, 3.05) is 24.3 Å². The summed E-state index contributed by atoms with van der Waals surface area (Å²) >= 11 is 13.2. The number of rotatable bonds is 6. The molecule has 1 aliphatic rings. The molecule has 4 nitrogen and oxygen atoms in total. The third-order valence-electron chi connectivity index (χ3n) is 4.43. The van der Waals surface area contributed by atoms with Gasteiger partial charge in [-0.3, -0.25) is 9.52 Å². The van der Waals surface area contributed by atoms with Gasteiger partial charge in [0, 0.05) is 29.6 Å². The monoisotopic (exact) mass is 428 g/mol. The van der Waals surface area contributed by atoms with E-state index in [2.05, 4.69) is 9.62 Å². The maximum atomic E-state index is 14.3. The van der Waals surface area contributed by atoms with Gasteiger partial charge in [0.05, 0.1) is 16.6 Å². The Morgan fingerprint density at radius 3 is 2.78 bits per heavy atom. The Kier molecular flexibility index (Phi) is 6.73. The number of nitrogens with zero attached hydrogens (tertiary/aromatic N) is 1. The molecule has 1 saturated heterocycles. The van der Waals surface area contributed by atoms with Gasteiger partial charge in [-0.05, 0) is 43.2 Å². The first-order valence-corrected chi connectivity index (χ1v) is 10.4. The van der Waals surface area contributed by atoms with Gasteiger partial charge in [-0.1, -0.05) is 35.1 Å². The number of carbonyl (C=O) groups is 1. The van der Waals surface area contributed by atoms with Crippen LogP contribution < -0.4 is 14.4 Å². The van der Waals surface area contributed by atoms with Crippen LogP contribution in [0.25, 0.3) is 0 Å². The normalized spacial score (nSPS) is 16.4. The van der Waals surface area contributed by atoms with Crippen molar-refractivity contribution >= 4 is 46.7 Å². The quantitative estimate of drug-likeness (QED) is 0.642. The third kappa shape index (κ3) is 4.81. The highest BCUT2D eigenvalue weighted by Crippen LogP contribution is 2.31. The van der Waals surface area contributed by atoms with Crippen molar-refractivity contribution < 1.29 is 13.9 Å². The first kappa shape index (κ1) is 20.1. The minimum absolute atomic E-state index is 0.106. The number of ether oxygens (including phenoxy) is 1. The maximum Gasteiger partial charge on any atom is 0.264 e. The summed E-state index contributed by atoms with van der Waals surface area (Å²) in [4.78, 5) is 14.1. The number of anilines is 1. The predicted octanol–water partition coefficient (Wildman–Crippen LogP) is 5.19. The molecule has 1 N–H and O–H groups in total. The minimum atomic E-state index is -0.665. The van der Waals surface area contributed by atoms with E-state index in [1.807, 2.05) is 24.3 Å². The standard InChI is InChI=1S/C19H19Cl2FN2O2S/c1-27-23-19(25)15-9-16(21)18(10-17(15)22)26-11-14-3-2-8-24(14)13-6-4-12(20)5-7-13/h4-7,9-10,14H,2-3,8,11H2,1H3,(H,23,25). The van der Waals surface area contributed by atoms with Crippen molar-refractivity contribution in [1.82, 2.24) is 4.72 Å². The van der Waals surface area contributed by atoms with Crippen molar-refractivity contribution in [1.29, 1.82) is 0 Å². The Balaban J connectivity index is 1.69. The number of hydrogen-bond acceptors (Lipinski definition) is 4. The Morgan fingerprint density at radius 1 is 1.33 bits per heavy atom. The van der Waals surface area contributed by atoms with E-state index in [0.29, 0.717) is 11.6 Å². The van der Waals surface area contributed by atoms with Crippen LogP contribution in [-0.4, -0.2) is 31.4 Å². The molecule has 1 heterocycles. The molecule has 2 aromatic rings. The van der Waals surface area contributed by atoms with Crippen LogP contribution in [0.4, 0.5) is 10.1 Å². The molecule has 3 rings (SSSR count). The number of hydrogen-bond donors (Lipinski definition) is 1. The predicted molar refractivity (Wildman–Crippen MR) is 110 cm³/mol. The first-order chi connectivity index (χ1) is 13.0. The van der Waals surface area contributed by atoms with Crippen molar-refractivity contribution in [3.8, 4) is 5.75 Å². The van der Waals surface area contributed by atoms with Crippen LogP contribution >= 0.6 is 35.1 Å². The lowest BCUT2D eigenvalue weighted by Crippen LogP contribution is -2.34. The average molecular weight is 429 g/mol. The molecule has 1 aliphatic heterocycles. The molecule has 0 aromatic heterocycles. The lowest BCUT2D eigenvalue weighted by molar-refractivity contribution is 0.0980. The highest BCUT2D eigenvalue weighted by molar-refractivity contribution is 7.97. The molecule has 27 heavy (non-hydrogen) atoms. The molecule has 1 amide bonds. The highest BCUT2D eigenvalue weighted by Gasteiger charge is 2.26. The minimum Gasteiger partial charge on any atom is -0.490 e. The summed E-state index contributed by atoms with van der Waals surface area (Å²) in [5.41, 5.74) is 0.970. The molecule has 2 aromatic carbocycles. The Labute approximate surface area is 172 Å². The van der Waals surface area contributed by atoms with E-state index in [0.717, 1.165) is 37.0 Å². The lowest BCUT2D eigenvalue weighted by atomic mass is 10.2. The summed E-state index contributed by atoms with van der Waals surface area (Å²) in [6, 6.07) is 10.3. The fourth-order valence-electron chi connectivity index (χ4n) is 3.13. The molecule has 0 radical (unpaired) electrons. The Hall–Kier alpha value is -1.63. The number of benzene rings is 2. The van der Waals surface area contributed by atoms with Crippen LogP contribution in [0.1, 0.15) is 23.2 Å². The zero-order valence-corrected chi connectivity index (χ0v) is 17.0. The fourth-order valence-corrected chi connectivity index (χ4v) is 3.77. The summed E-state index contributed by atoms with van der Waals surface area (Å²) < 4.78 is 22.5. The molecule has 8 heteroatoms. The van der Waals surface area contributed by atoms with Gasteiger partial charge in [-0.2, -0.15) is 0 Å². The number of carbonyl (C=O) groups excluding carboxylic acids is 1. The molecule has 0 aliphatic carbocycles. The largest absolute Gasteiger partial charge is 0.490 e. The van der Waals surface area contributed by atoms with E-state index in [4.69, 9.17) is 27.9 Å². The summed E-state index contributed by atoms with van der Waals surface area (Å²) in [5.74, 6) is -0.960. The third-order valence-corrected chi connectivity index (χ3v) is 5.36. The van der Waals surface area contributed by atoms with E-state index in [1.165, 1.54) is 12.1 Å². The van der Waals surface area contributed by atoms with Gasteiger partial charge in [-0.25, -0.2) is 4.39 Å². The molecule has 1 unspecified atom stereocenters. The van der Waals surface area contributed by atoms with Gasteiger partial charge >= 0.3 is 0 Å². The molecule has 0 bridgehead atoms. The van der Waals surface area contributed by atoms with E-state index < -0.39 is 11.7 Å². The molecule has 1 atom stereocenters. The lowest BCUT2D eigenvalue weighted by Gasteiger charge is -2.27. The molecule has 1 fully saturated rings. The zero-order valence-electron chi connectivity index (χ0n) is 14.7. The van der Waals surface area contributed by atoms with Gasteiger partial charge in [0.25, 0.3) is 5.91 Å². The summed E-state index contributed by atoms with van der Waals surface area (Å²) in [6.45, 7) is 1.30. The van der Waals surface area contributed by atoms with E-state index in [9.17, 15) is 9.18 Å². The first-order valence-electron chi connectivity index (χ1n) is 8.47. The number of amides is 1. The van der Waals surface area contributed by atoms with Crippen molar-refractivity contribution in [3.63, 3.8) is 0 Å². The molecule has 0 saturated carbocycles. The van der Waals surface area contributed by atoms with Crippen LogP contribution in [-0.2, 0) is 0 Å². The van der Waals surface area contributed by atoms with Crippen molar-refractivity contribution in [2.24, 2.45) is 0 Å². The van der Waals surface area contributed by atoms with Gasteiger partial charge in [0.15, 0.2) is 0 Å². The molecule has 0 spiro atoms. The second-order valence-corrected chi connectivity index (χ2v) is 7.63. The van der Waals surface area contributed by atoms with Gasteiger partial charge in [0.1, 0.15) is 18.2 Å². The van der Waals surface area contributed by atoms with Crippen molar-refractivity contribution in [2.45, 2.75) is 18.9 Å². The maximum absolute atomic E-state index is 14.3. The zero-order chi connectivity index (χ0) is 19.4. The topological polar surface area (TPSA) is 41.6 Å². The van der Waals surface area contributed by atoms with E-state index in [1.54, 1.807) is 6.26 Å². The molecular formula is C19H19Cl2FN2O2S. The van der Waals surface area contributed by atoms with Gasteiger partial charge in [0.2, 0.25) is 0 Å². The van der Waals surface area contributed by atoms with Crippen LogP contribution in [0.2, 0.25) is 10.0 Å². The summed E-state index contributed by atoms with van der Waals surface area (Å²) in [5, 5.41) is 0.900. The summed E-state index contributed by atoms with van der Waals surface area (Å²) in [7, 11) is 0. The van der Waals surface area contributed by atoms with Gasteiger partial charge < -0.3 is 9.64 Å². The Bertz CT molecular complexity index is 820. The fraction of sp³-hybridized carbons (Fsp3) is 0.316. The smallest absolute Gasteiger partial charge is 0.264 e. The van der Waals surface area contributed by atoms with E-state index in [-0.39, 0.29) is 22.4 Å². The second-order valence-electron chi connectivity index (χ2n) is 6.17. The SMILES string of the molecule is CSNC(=O)c1cc(Cl)c(OCC2CCCN2c2ccc(Cl)cc2)cc1F. The van der Waals surface area contributed by atoms with Crippen LogP contribution in [0.5, 0.6) is 5.75 Å². The molecular weight excluding hydrogens is 410 g/mol. The number of nitrogens with one attached hydrogen (secondary N) is 1. The highest BCUT2D eigenvalue weighted by atomic mass is 35.5. The van der Waals surface area contributed by atoms with Crippen LogP contribution in [0, 0.1) is 5.82 Å². The average Bonchev–Trinajstić information content (AvgIpc) is 3.11. The molecule has 144 valence electrons. The van der Waals surface area contributed by atoms with E-state index >= 15 is 0 Å².